The maximum absolute atomic E-state index is 13.4. The Balaban J connectivity index is 1.41. The molecule has 2 aromatic rings. The van der Waals surface area contributed by atoms with Crippen molar-refractivity contribution in [2.75, 3.05) is 5.32 Å². The topological polar surface area (TPSA) is 92.4 Å². The van der Waals surface area contributed by atoms with Gasteiger partial charge in [0.2, 0.25) is 11.8 Å². The first-order valence-corrected chi connectivity index (χ1v) is 9.29. The van der Waals surface area contributed by atoms with Crippen LogP contribution in [0.5, 0.6) is 0 Å². The molecule has 1 aromatic heterocycles. The third-order valence-electron chi connectivity index (χ3n) is 6.32. The van der Waals surface area contributed by atoms with Crippen molar-refractivity contribution < 1.29 is 32.4 Å². The van der Waals surface area contributed by atoms with E-state index in [4.69, 9.17) is 9.63 Å². The van der Waals surface area contributed by atoms with Gasteiger partial charge in [0.1, 0.15) is 0 Å². The van der Waals surface area contributed by atoms with E-state index >= 15 is 0 Å². The van der Waals surface area contributed by atoms with Gasteiger partial charge in [-0.2, -0.15) is 13.2 Å². The number of nitrogens with one attached hydrogen (secondary N) is 1. The summed E-state index contributed by atoms with van der Waals surface area (Å²) in [5.74, 6) is -1.35. The van der Waals surface area contributed by atoms with Crippen LogP contribution in [0.1, 0.15) is 53.7 Å². The first-order chi connectivity index (χ1) is 13.6. The molecule has 154 valence electrons. The van der Waals surface area contributed by atoms with E-state index in [2.05, 4.69) is 10.5 Å². The molecular formula is C20H19F3N2O4. The van der Waals surface area contributed by atoms with Gasteiger partial charge in [-0.3, -0.25) is 10.1 Å². The zero-order valence-electron chi connectivity index (χ0n) is 15.4. The number of halogens is 3. The van der Waals surface area contributed by atoms with E-state index in [0.29, 0.717) is 24.1 Å². The fraction of sp³-hybridized carbons (Fsp3) is 0.450. The van der Waals surface area contributed by atoms with Crippen molar-refractivity contribution in [2.24, 2.45) is 5.41 Å². The number of fused-ring (bicyclic) bond motifs is 2. The van der Waals surface area contributed by atoms with Gasteiger partial charge in [0, 0.05) is 11.5 Å². The minimum Gasteiger partial charge on any atom is -0.478 e. The summed E-state index contributed by atoms with van der Waals surface area (Å²) in [6.45, 7) is 0. The van der Waals surface area contributed by atoms with Crippen molar-refractivity contribution in [3.63, 3.8) is 0 Å². The van der Waals surface area contributed by atoms with E-state index in [0.717, 1.165) is 0 Å². The molecular weight excluding hydrogens is 389 g/mol. The molecule has 4 rings (SSSR count). The van der Waals surface area contributed by atoms with E-state index in [-0.39, 0.29) is 37.1 Å². The highest BCUT2D eigenvalue weighted by Crippen LogP contribution is 2.67. The number of amides is 1. The number of hydrogen-bond donors (Lipinski definition) is 2. The third-order valence-corrected chi connectivity index (χ3v) is 6.32. The number of carbonyl (C=O) groups excluding carboxylic acids is 1. The summed E-state index contributed by atoms with van der Waals surface area (Å²) < 4.78 is 45.5. The second-order valence-corrected chi connectivity index (χ2v) is 8.04. The number of aromatic carboxylic acids is 1. The highest BCUT2D eigenvalue weighted by Gasteiger charge is 2.67. The lowest BCUT2D eigenvalue weighted by molar-refractivity contribution is -0.220. The van der Waals surface area contributed by atoms with Crippen molar-refractivity contribution in [2.45, 2.75) is 50.1 Å². The summed E-state index contributed by atoms with van der Waals surface area (Å²) in [6.07, 6.45) is -3.21. The Morgan fingerprint density at radius 1 is 1.14 bits per heavy atom. The first-order valence-electron chi connectivity index (χ1n) is 9.29. The molecule has 2 fully saturated rings. The predicted molar refractivity (Wildman–Crippen MR) is 95.5 cm³/mol. The third kappa shape index (κ3) is 3.38. The summed E-state index contributed by atoms with van der Waals surface area (Å²) in [6, 6.07) is 7.42. The molecule has 2 aliphatic rings. The fourth-order valence-electron chi connectivity index (χ4n) is 4.66. The predicted octanol–water partition coefficient (Wildman–Crippen LogP) is 4.32. The number of hydrogen-bond acceptors (Lipinski definition) is 4. The highest BCUT2D eigenvalue weighted by atomic mass is 19.4. The summed E-state index contributed by atoms with van der Waals surface area (Å²) in [4.78, 5) is 23.1. The van der Waals surface area contributed by atoms with Gasteiger partial charge in [-0.25, -0.2) is 4.79 Å². The Kier molecular flexibility index (Phi) is 4.43. The molecule has 0 unspecified atom stereocenters. The number of nitrogens with zero attached hydrogens (tertiary/aromatic N) is 1. The number of carboxylic acid groups (broad SMARTS) is 1. The van der Waals surface area contributed by atoms with Gasteiger partial charge >= 0.3 is 12.1 Å². The summed E-state index contributed by atoms with van der Waals surface area (Å²) in [5, 5.41) is 15.4. The molecule has 0 spiro atoms. The van der Waals surface area contributed by atoms with Crippen LogP contribution in [0.15, 0.2) is 34.9 Å². The van der Waals surface area contributed by atoms with Gasteiger partial charge in [-0.05, 0) is 49.8 Å². The molecule has 0 radical (unpaired) electrons. The average Bonchev–Trinajstić information content (AvgIpc) is 3.36. The molecule has 6 nitrogen and oxygen atoms in total. The van der Waals surface area contributed by atoms with E-state index in [1.165, 1.54) is 18.2 Å². The average molecular weight is 408 g/mol. The maximum atomic E-state index is 13.4. The summed E-state index contributed by atoms with van der Waals surface area (Å²) in [7, 11) is 0. The van der Waals surface area contributed by atoms with Crippen LogP contribution in [-0.4, -0.2) is 28.3 Å². The van der Waals surface area contributed by atoms with Crippen molar-refractivity contribution in [3.05, 3.63) is 47.2 Å². The lowest BCUT2D eigenvalue weighted by Crippen LogP contribution is -2.33. The lowest BCUT2D eigenvalue weighted by Gasteiger charge is -2.29. The number of carbonyl (C=O) groups is 2. The van der Waals surface area contributed by atoms with Crippen LogP contribution in [0.2, 0.25) is 0 Å². The Bertz CT molecular complexity index is 941. The van der Waals surface area contributed by atoms with Crippen LogP contribution in [0, 0.1) is 5.41 Å². The molecule has 1 aromatic carbocycles. The van der Waals surface area contributed by atoms with Crippen LogP contribution in [0.25, 0.3) is 0 Å². The number of carboxylic acids is 1. The molecule has 1 heterocycles. The minimum absolute atomic E-state index is 0.00173. The van der Waals surface area contributed by atoms with Gasteiger partial charge in [-0.15, -0.1) is 0 Å². The largest absolute Gasteiger partial charge is 0.478 e. The fourth-order valence-corrected chi connectivity index (χ4v) is 4.66. The second-order valence-electron chi connectivity index (χ2n) is 8.04. The standard InChI is InChI=1S/C20H19F3N2O4/c21-20(22,23)19-7-5-18(11-19,6-8-19)14-10-16(29-25-14)24-15(26)9-12-1-3-13(4-2-12)17(27)28/h1-4,10H,5-9,11H2,(H,24,26)(H,27,28). The highest BCUT2D eigenvalue weighted by molar-refractivity contribution is 5.91. The van der Waals surface area contributed by atoms with Crippen molar-refractivity contribution in [1.29, 1.82) is 0 Å². The Morgan fingerprint density at radius 2 is 1.79 bits per heavy atom. The SMILES string of the molecule is O=C(Cc1ccc(C(=O)O)cc1)Nc1cc(C23CCC(C(F)(F)F)(CC2)C3)no1. The molecule has 2 aliphatic carbocycles. The van der Waals surface area contributed by atoms with Gasteiger partial charge in [0.25, 0.3) is 0 Å². The second kappa shape index (κ2) is 6.60. The molecule has 0 aliphatic heterocycles. The normalized spacial score (nSPS) is 25.9. The van der Waals surface area contributed by atoms with Crippen molar-refractivity contribution in [3.8, 4) is 0 Å². The monoisotopic (exact) mass is 408 g/mol. The Labute approximate surface area is 164 Å². The molecule has 2 saturated carbocycles. The van der Waals surface area contributed by atoms with E-state index in [1.54, 1.807) is 12.1 Å². The smallest absolute Gasteiger partial charge is 0.394 e. The molecule has 0 saturated heterocycles. The Hall–Kier alpha value is -2.84. The molecule has 0 atom stereocenters. The lowest BCUT2D eigenvalue weighted by atomic mass is 9.80. The summed E-state index contributed by atoms with van der Waals surface area (Å²) >= 11 is 0. The Morgan fingerprint density at radius 3 is 2.34 bits per heavy atom. The van der Waals surface area contributed by atoms with E-state index < -0.39 is 28.9 Å². The van der Waals surface area contributed by atoms with E-state index in [9.17, 15) is 22.8 Å². The van der Waals surface area contributed by atoms with Crippen molar-refractivity contribution >= 4 is 17.8 Å². The quantitative estimate of drug-likeness (QED) is 0.769. The zero-order valence-corrected chi connectivity index (χ0v) is 15.4. The number of alkyl halides is 3. The first kappa shape index (κ1) is 19.5. The van der Waals surface area contributed by atoms with Gasteiger partial charge in [0.15, 0.2) is 0 Å². The molecule has 2 bridgehead atoms. The van der Waals surface area contributed by atoms with Crippen LogP contribution >= 0.6 is 0 Å². The molecule has 9 heteroatoms. The molecule has 2 N–H and O–H groups in total. The maximum Gasteiger partial charge on any atom is 0.394 e. The summed E-state index contributed by atoms with van der Waals surface area (Å²) in [5.41, 5.74) is -1.07. The molecule has 29 heavy (non-hydrogen) atoms. The zero-order chi connectivity index (χ0) is 20.9. The van der Waals surface area contributed by atoms with E-state index in [1.807, 2.05) is 0 Å². The minimum atomic E-state index is -4.22. The van der Waals surface area contributed by atoms with Crippen LogP contribution in [0.4, 0.5) is 19.1 Å². The number of aromatic nitrogens is 1. The number of rotatable bonds is 5. The molecule has 1 amide bonds. The van der Waals surface area contributed by atoms with Crippen LogP contribution < -0.4 is 5.32 Å². The number of anilines is 1. The van der Waals surface area contributed by atoms with Crippen LogP contribution in [-0.2, 0) is 16.6 Å². The number of benzene rings is 1. The van der Waals surface area contributed by atoms with Gasteiger partial charge in [-0.1, -0.05) is 17.3 Å². The van der Waals surface area contributed by atoms with Gasteiger partial charge < -0.3 is 9.63 Å². The van der Waals surface area contributed by atoms with Crippen molar-refractivity contribution in [1.82, 2.24) is 5.16 Å². The van der Waals surface area contributed by atoms with Gasteiger partial charge in [0.05, 0.1) is 23.1 Å². The van der Waals surface area contributed by atoms with Crippen LogP contribution in [0.3, 0.4) is 0 Å².